The minimum Gasteiger partial charge on any atom is -0.454 e. The highest BCUT2D eigenvalue weighted by molar-refractivity contribution is 6.34. The molecule has 10 heteroatoms. The molecule has 0 unspecified atom stereocenters. The first-order chi connectivity index (χ1) is 16.3. The summed E-state index contributed by atoms with van der Waals surface area (Å²) in [5.74, 6) is -2.39. The summed E-state index contributed by atoms with van der Waals surface area (Å²) in [5, 5.41) is 0.743. The molecule has 5 rings (SSSR count). The smallest absolute Gasteiger partial charge is 0.338 e. The third-order valence-corrected chi connectivity index (χ3v) is 5.50. The van der Waals surface area contributed by atoms with Crippen molar-refractivity contribution >= 4 is 46.0 Å². The fraction of sp³-hybridized carbons (Fsp3) is 0.0417. The molecule has 0 atom stereocenters. The molecule has 4 aromatic rings. The van der Waals surface area contributed by atoms with Crippen molar-refractivity contribution in [1.82, 2.24) is 9.97 Å². The number of H-pyrrole nitrogens is 1. The second-order valence-electron chi connectivity index (χ2n) is 7.43. The summed E-state index contributed by atoms with van der Waals surface area (Å²) in [6.07, 6.45) is 0. The number of aromatic nitrogens is 2. The summed E-state index contributed by atoms with van der Waals surface area (Å²) >= 11 is 5.95. The number of halogens is 2. The first-order valence-electron chi connectivity index (χ1n) is 9.96. The number of fused-ring (bicyclic) bond motifs is 2. The number of amides is 2. The van der Waals surface area contributed by atoms with Gasteiger partial charge in [-0.05, 0) is 60.7 Å². The molecule has 2 amide bonds. The molecule has 1 aliphatic heterocycles. The van der Waals surface area contributed by atoms with Crippen LogP contribution in [0.25, 0.3) is 10.9 Å². The number of carbonyl (C=O) groups is 3. The van der Waals surface area contributed by atoms with Crippen LogP contribution in [0, 0.1) is 5.82 Å². The number of hydrogen-bond acceptors (Lipinski definition) is 6. The summed E-state index contributed by atoms with van der Waals surface area (Å²) in [4.78, 5) is 58.0. The van der Waals surface area contributed by atoms with Gasteiger partial charge in [0.1, 0.15) is 18.2 Å². The molecule has 0 aliphatic carbocycles. The van der Waals surface area contributed by atoms with E-state index >= 15 is 0 Å². The molecule has 1 aromatic heterocycles. The van der Waals surface area contributed by atoms with Gasteiger partial charge in [0.25, 0.3) is 17.4 Å². The molecule has 1 N–H and O–H groups in total. The van der Waals surface area contributed by atoms with Crippen molar-refractivity contribution in [2.24, 2.45) is 0 Å². The van der Waals surface area contributed by atoms with Gasteiger partial charge in [0, 0.05) is 5.02 Å². The number of imide groups is 1. The molecule has 0 radical (unpaired) electrons. The van der Waals surface area contributed by atoms with E-state index in [0.717, 1.165) is 17.0 Å². The topological polar surface area (TPSA) is 109 Å². The largest absolute Gasteiger partial charge is 0.454 e. The maximum Gasteiger partial charge on any atom is 0.338 e. The molecule has 3 aromatic carbocycles. The van der Waals surface area contributed by atoms with Crippen molar-refractivity contribution in [3.05, 3.63) is 104 Å². The molecule has 34 heavy (non-hydrogen) atoms. The molecule has 0 spiro atoms. The van der Waals surface area contributed by atoms with Crippen molar-refractivity contribution in [3.63, 3.8) is 0 Å². The van der Waals surface area contributed by atoms with Crippen LogP contribution in [0.4, 0.5) is 10.1 Å². The maximum atomic E-state index is 13.2. The molecule has 0 fully saturated rings. The van der Waals surface area contributed by atoms with Crippen LogP contribution in [0.1, 0.15) is 36.9 Å². The van der Waals surface area contributed by atoms with E-state index in [9.17, 15) is 23.6 Å². The van der Waals surface area contributed by atoms with Gasteiger partial charge >= 0.3 is 5.97 Å². The Bertz CT molecular complexity index is 1570. The summed E-state index contributed by atoms with van der Waals surface area (Å²) in [6.45, 7) is -0.331. The van der Waals surface area contributed by atoms with Crippen molar-refractivity contribution in [2.45, 2.75) is 6.61 Å². The van der Waals surface area contributed by atoms with Gasteiger partial charge in [-0.2, -0.15) is 0 Å². The molecule has 1 aliphatic rings. The van der Waals surface area contributed by atoms with Crippen molar-refractivity contribution in [2.75, 3.05) is 4.90 Å². The van der Waals surface area contributed by atoms with E-state index in [1.54, 1.807) is 6.07 Å². The maximum absolute atomic E-state index is 13.2. The van der Waals surface area contributed by atoms with Crippen LogP contribution >= 0.6 is 11.6 Å². The number of anilines is 1. The summed E-state index contributed by atoms with van der Waals surface area (Å²) < 4.78 is 18.5. The number of benzene rings is 3. The van der Waals surface area contributed by atoms with E-state index in [-0.39, 0.29) is 34.8 Å². The van der Waals surface area contributed by atoms with Crippen molar-refractivity contribution in [3.8, 4) is 0 Å². The first-order valence-corrected chi connectivity index (χ1v) is 10.3. The lowest BCUT2D eigenvalue weighted by atomic mass is 10.1. The Morgan fingerprint density at radius 2 is 1.71 bits per heavy atom. The Hall–Kier alpha value is -4.37. The molecule has 2 heterocycles. The summed E-state index contributed by atoms with van der Waals surface area (Å²) in [7, 11) is 0. The number of nitrogens with zero attached hydrogens (tertiary/aromatic N) is 2. The molecule has 0 bridgehead atoms. The van der Waals surface area contributed by atoms with Gasteiger partial charge < -0.3 is 9.72 Å². The Balaban J connectivity index is 1.36. The lowest BCUT2D eigenvalue weighted by Crippen LogP contribution is -2.29. The predicted octanol–water partition coefficient (Wildman–Crippen LogP) is 3.87. The average Bonchev–Trinajstić information content (AvgIpc) is 3.07. The number of nitrogens with one attached hydrogen (secondary N) is 1. The fourth-order valence-electron chi connectivity index (χ4n) is 3.64. The van der Waals surface area contributed by atoms with Crippen LogP contribution in [0.3, 0.4) is 0 Å². The highest BCUT2D eigenvalue weighted by Gasteiger charge is 2.37. The van der Waals surface area contributed by atoms with E-state index in [2.05, 4.69) is 9.97 Å². The van der Waals surface area contributed by atoms with Gasteiger partial charge in [-0.3, -0.25) is 14.4 Å². The van der Waals surface area contributed by atoms with Crippen molar-refractivity contribution in [1.29, 1.82) is 0 Å². The average molecular weight is 478 g/mol. The molecule has 8 nitrogen and oxygen atoms in total. The van der Waals surface area contributed by atoms with Crippen LogP contribution in [-0.4, -0.2) is 27.8 Å². The van der Waals surface area contributed by atoms with Gasteiger partial charge in [-0.1, -0.05) is 11.6 Å². The number of carbonyl (C=O) groups excluding carboxylic acids is 3. The zero-order chi connectivity index (χ0) is 24.0. The van der Waals surface area contributed by atoms with Crippen LogP contribution < -0.4 is 10.5 Å². The Kier molecular flexibility index (Phi) is 5.18. The van der Waals surface area contributed by atoms with Gasteiger partial charge in [0.15, 0.2) is 0 Å². The van der Waals surface area contributed by atoms with Crippen molar-refractivity contribution < 1.29 is 23.5 Å². The zero-order valence-corrected chi connectivity index (χ0v) is 17.9. The van der Waals surface area contributed by atoms with Crippen LogP contribution in [0.2, 0.25) is 5.02 Å². The number of esters is 1. The predicted molar refractivity (Wildman–Crippen MR) is 120 cm³/mol. The zero-order valence-electron chi connectivity index (χ0n) is 17.2. The quantitative estimate of drug-likeness (QED) is 0.353. The van der Waals surface area contributed by atoms with E-state index in [1.807, 2.05) is 0 Å². The summed E-state index contributed by atoms with van der Waals surface area (Å²) in [6, 6.07) is 13.5. The Morgan fingerprint density at radius 1 is 0.971 bits per heavy atom. The van der Waals surface area contributed by atoms with Crippen LogP contribution in [-0.2, 0) is 11.3 Å². The lowest BCUT2D eigenvalue weighted by Gasteiger charge is -2.13. The number of aromatic amines is 1. The number of rotatable bonds is 4. The monoisotopic (exact) mass is 477 g/mol. The molecule has 0 saturated carbocycles. The van der Waals surface area contributed by atoms with Gasteiger partial charge in [0.2, 0.25) is 0 Å². The fourth-order valence-corrected chi connectivity index (χ4v) is 3.81. The molecule has 0 saturated heterocycles. The summed E-state index contributed by atoms with van der Waals surface area (Å²) in [5.41, 5.74) is 0.328. The highest BCUT2D eigenvalue weighted by atomic mass is 35.5. The van der Waals surface area contributed by atoms with Gasteiger partial charge in [-0.15, -0.1) is 0 Å². The highest BCUT2D eigenvalue weighted by Crippen LogP contribution is 2.29. The normalized spacial score (nSPS) is 12.8. The Labute approximate surface area is 195 Å². The minimum atomic E-state index is -0.780. The minimum absolute atomic E-state index is 0.0238. The van der Waals surface area contributed by atoms with E-state index in [1.165, 1.54) is 42.5 Å². The van der Waals surface area contributed by atoms with Gasteiger partial charge in [0.05, 0.1) is 33.3 Å². The van der Waals surface area contributed by atoms with E-state index in [0.29, 0.717) is 15.9 Å². The SMILES string of the molecule is O=C(OCc1nc2cc(Cl)ccc2c(=O)[nH]1)c1ccc2c(c1)C(=O)N(c1ccc(F)cc1)C2=O. The first kappa shape index (κ1) is 21.5. The second-order valence-corrected chi connectivity index (χ2v) is 7.87. The van der Waals surface area contributed by atoms with E-state index < -0.39 is 29.2 Å². The number of hydrogen-bond donors (Lipinski definition) is 1. The van der Waals surface area contributed by atoms with Crippen LogP contribution in [0.15, 0.2) is 65.5 Å². The van der Waals surface area contributed by atoms with Crippen LogP contribution in [0.5, 0.6) is 0 Å². The second kappa shape index (κ2) is 8.20. The number of ether oxygens (including phenoxy) is 1. The van der Waals surface area contributed by atoms with Gasteiger partial charge in [-0.25, -0.2) is 19.1 Å². The standard InChI is InChI=1S/C24H13ClFN3O5/c25-13-2-8-17-19(10-13)27-20(28-21(17)30)11-34-24(33)12-1-7-16-18(9-12)23(32)29(22(16)31)15-5-3-14(26)4-6-15/h1-10H,11H2,(H,27,28,30). The molecular weight excluding hydrogens is 465 g/mol. The molecular formula is C24H13ClFN3O5. The Morgan fingerprint density at radius 3 is 2.47 bits per heavy atom. The molecule has 168 valence electrons. The third kappa shape index (κ3) is 3.71. The lowest BCUT2D eigenvalue weighted by molar-refractivity contribution is 0.0462. The van der Waals surface area contributed by atoms with E-state index in [4.69, 9.17) is 16.3 Å². The third-order valence-electron chi connectivity index (χ3n) is 5.26.